The molecule has 25 heavy (non-hydrogen) atoms. The summed E-state index contributed by atoms with van der Waals surface area (Å²) in [6.45, 7) is 3.29. The van der Waals surface area contributed by atoms with E-state index in [0.29, 0.717) is 12.0 Å². The molecular weight excluding hydrogens is 310 g/mol. The lowest BCUT2D eigenvalue weighted by molar-refractivity contribution is 0.388. The third kappa shape index (κ3) is 4.55. The first kappa shape index (κ1) is 17.8. The van der Waals surface area contributed by atoms with Crippen molar-refractivity contribution in [2.45, 2.75) is 44.6 Å². The Labute approximate surface area is 151 Å². The molecule has 0 aliphatic carbocycles. The average molecular weight is 339 g/mol. The molecular formula is C22H29NO2. The quantitative estimate of drug-likeness (QED) is 0.807. The lowest BCUT2D eigenvalue weighted by atomic mass is 9.85. The van der Waals surface area contributed by atoms with E-state index in [9.17, 15) is 0 Å². The van der Waals surface area contributed by atoms with Crippen molar-refractivity contribution in [3.05, 3.63) is 59.2 Å². The van der Waals surface area contributed by atoms with Gasteiger partial charge in [0.1, 0.15) is 11.5 Å². The molecule has 3 rings (SSSR count). The number of nitrogens with one attached hydrogen (secondary N) is 1. The summed E-state index contributed by atoms with van der Waals surface area (Å²) >= 11 is 0. The van der Waals surface area contributed by atoms with Gasteiger partial charge in [-0.1, -0.05) is 35.9 Å². The van der Waals surface area contributed by atoms with Crippen LogP contribution in [0.2, 0.25) is 0 Å². The van der Waals surface area contributed by atoms with E-state index in [0.717, 1.165) is 30.9 Å². The highest BCUT2D eigenvalue weighted by atomic mass is 16.5. The minimum absolute atomic E-state index is 0.485. The van der Waals surface area contributed by atoms with Crippen LogP contribution >= 0.6 is 0 Å². The molecule has 0 radical (unpaired) electrons. The van der Waals surface area contributed by atoms with Crippen molar-refractivity contribution in [3.63, 3.8) is 0 Å². The first-order valence-electron chi connectivity index (χ1n) is 9.20. The molecule has 2 unspecified atom stereocenters. The van der Waals surface area contributed by atoms with E-state index >= 15 is 0 Å². The summed E-state index contributed by atoms with van der Waals surface area (Å²) in [4.78, 5) is 0. The number of methoxy groups -OCH3 is 2. The zero-order chi connectivity index (χ0) is 17.6. The second kappa shape index (κ2) is 8.39. The Morgan fingerprint density at radius 2 is 1.88 bits per heavy atom. The van der Waals surface area contributed by atoms with E-state index < -0.39 is 0 Å². The number of benzene rings is 2. The van der Waals surface area contributed by atoms with Gasteiger partial charge >= 0.3 is 0 Å². The van der Waals surface area contributed by atoms with E-state index in [-0.39, 0.29) is 0 Å². The summed E-state index contributed by atoms with van der Waals surface area (Å²) in [6, 6.07) is 15.8. The molecule has 1 N–H and O–H groups in total. The zero-order valence-corrected chi connectivity index (χ0v) is 15.5. The van der Waals surface area contributed by atoms with Gasteiger partial charge in [0.05, 0.1) is 14.2 Å². The summed E-state index contributed by atoms with van der Waals surface area (Å²) in [5, 5.41) is 3.65. The first-order valence-corrected chi connectivity index (χ1v) is 9.20. The van der Waals surface area contributed by atoms with Crippen LogP contribution in [0.25, 0.3) is 0 Å². The summed E-state index contributed by atoms with van der Waals surface area (Å²) in [5.74, 6) is 2.24. The molecule has 0 aromatic heterocycles. The second-order valence-corrected chi connectivity index (χ2v) is 7.02. The molecule has 1 aliphatic rings. The lowest BCUT2D eigenvalue weighted by Crippen LogP contribution is -2.24. The van der Waals surface area contributed by atoms with Crippen molar-refractivity contribution in [2.24, 2.45) is 0 Å². The maximum atomic E-state index is 5.62. The Bertz CT molecular complexity index is 675. The normalized spacial score (nSPS) is 18.1. The Hall–Kier alpha value is -2.00. The number of hydrogen-bond acceptors (Lipinski definition) is 3. The van der Waals surface area contributed by atoms with Gasteiger partial charge < -0.3 is 14.8 Å². The third-order valence-electron chi connectivity index (χ3n) is 5.24. The van der Waals surface area contributed by atoms with Crippen LogP contribution in [0.15, 0.2) is 42.5 Å². The van der Waals surface area contributed by atoms with Crippen molar-refractivity contribution >= 4 is 0 Å². The standard InChI is InChI=1S/C22H29NO2/c1-16-6-8-17(9-7-16)19(14-20-5-4-12-23-20)13-18-10-11-21(24-2)15-22(18)25-3/h6-11,15,19-20,23H,4-5,12-14H2,1-3H3. The third-order valence-corrected chi connectivity index (χ3v) is 5.24. The van der Waals surface area contributed by atoms with Crippen LogP contribution in [0, 0.1) is 6.92 Å². The molecule has 2 atom stereocenters. The Kier molecular flexibility index (Phi) is 5.98. The molecule has 134 valence electrons. The van der Waals surface area contributed by atoms with Crippen LogP contribution in [-0.2, 0) is 6.42 Å². The van der Waals surface area contributed by atoms with Crippen LogP contribution in [-0.4, -0.2) is 26.8 Å². The minimum atomic E-state index is 0.485. The Morgan fingerprint density at radius 1 is 1.08 bits per heavy atom. The number of rotatable bonds is 7. The maximum absolute atomic E-state index is 5.62. The van der Waals surface area contributed by atoms with Gasteiger partial charge in [-0.2, -0.15) is 0 Å². The van der Waals surface area contributed by atoms with Gasteiger partial charge in [0.2, 0.25) is 0 Å². The molecule has 1 heterocycles. The van der Waals surface area contributed by atoms with Gasteiger partial charge in [-0.25, -0.2) is 0 Å². The molecule has 0 saturated carbocycles. The smallest absolute Gasteiger partial charge is 0.125 e. The van der Waals surface area contributed by atoms with Crippen molar-refractivity contribution in [2.75, 3.05) is 20.8 Å². The Morgan fingerprint density at radius 3 is 2.52 bits per heavy atom. The highest BCUT2D eigenvalue weighted by Gasteiger charge is 2.22. The van der Waals surface area contributed by atoms with Crippen molar-refractivity contribution in [1.29, 1.82) is 0 Å². The van der Waals surface area contributed by atoms with Crippen LogP contribution < -0.4 is 14.8 Å². The van der Waals surface area contributed by atoms with E-state index in [1.807, 2.05) is 12.1 Å². The molecule has 1 saturated heterocycles. The molecule has 3 heteroatoms. The molecule has 2 aromatic rings. The summed E-state index contributed by atoms with van der Waals surface area (Å²) in [5.41, 5.74) is 3.97. The van der Waals surface area contributed by atoms with E-state index in [1.165, 1.54) is 29.5 Å². The van der Waals surface area contributed by atoms with E-state index in [2.05, 4.69) is 42.6 Å². The van der Waals surface area contributed by atoms with Crippen LogP contribution in [0.1, 0.15) is 41.9 Å². The average Bonchev–Trinajstić information content (AvgIpc) is 3.15. The highest BCUT2D eigenvalue weighted by Crippen LogP contribution is 2.33. The topological polar surface area (TPSA) is 30.5 Å². The van der Waals surface area contributed by atoms with Crippen molar-refractivity contribution in [3.8, 4) is 11.5 Å². The molecule has 1 fully saturated rings. The number of hydrogen-bond donors (Lipinski definition) is 1. The first-order chi connectivity index (χ1) is 12.2. The zero-order valence-electron chi connectivity index (χ0n) is 15.5. The number of aryl methyl sites for hydroxylation is 1. The fourth-order valence-electron chi connectivity index (χ4n) is 3.76. The van der Waals surface area contributed by atoms with Gasteiger partial charge in [-0.3, -0.25) is 0 Å². The molecule has 0 spiro atoms. The number of ether oxygens (including phenoxy) is 2. The fraction of sp³-hybridized carbons (Fsp3) is 0.455. The summed E-state index contributed by atoms with van der Waals surface area (Å²) in [7, 11) is 3.42. The second-order valence-electron chi connectivity index (χ2n) is 7.02. The predicted molar refractivity (Wildman–Crippen MR) is 103 cm³/mol. The van der Waals surface area contributed by atoms with Gasteiger partial charge in [-0.05, 0) is 62.3 Å². The predicted octanol–water partition coefficient (Wildman–Crippen LogP) is 4.48. The molecule has 0 bridgehead atoms. The van der Waals surface area contributed by atoms with Gasteiger partial charge in [0.15, 0.2) is 0 Å². The Balaban J connectivity index is 1.84. The molecule has 1 aliphatic heterocycles. The minimum Gasteiger partial charge on any atom is -0.497 e. The highest BCUT2D eigenvalue weighted by molar-refractivity contribution is 5.42. The van der Waals surface area contributed by atoms with Crippen LogP contribution in [0.4, 0.5) is 0 Å². The monoisotopic (exact) mass is 339 g/mol. The van der Waals surface area contributed by atoms with Crippen molar-refractivity contribution < 1.29 is 9.47 Å². The largest absolute Gasteiger partial charge is 0.497 e. The summed E-state index contributed by atoms with van der Waals surface area (Å²) in [6.07, 6.45) is 4.71. The van der Waals surface area contributed by atoms with Crippen molar-refractivity contribution in [1.82, 2.24) is 5.32 Å². The fourth-order valence-corrected chi connectivity index (χ4v) is 3.76. The summed E-state index contributed by atoms with van der Waals surface area (Å²) < 4.78 is 11.0. The van der Waals surface area contributed by atoms with Crippen LogP contribution in [0.3, 0.4) is 0 Å². The SMILES string of the molecule is COc1ccc(CC(CC2CCCN2)c2ccc(C)cc2)c(OC)c1. The molecule has 2 aromatic carbocycles. The van der Waals surface area contributed by atoms with Crippen LogP contribution in [0.5, 0.6) is 11.5 Å². The molecule has 0 amide bonds. The van der Waals surface area contributed by atoms with Gasteiger partial charge in [0.25, 0.3) is 0 Å². The van der Waals surface area contributed by atoms with E-state index in [1.54, 1.807) is 14.2 Å². The van der Waals surface area contributed by atoms with Gasteiger partial charge in [-0.15, -0.1) is 0 Å². The van der Waals surface area contributed by atoms with E-state index in [4.69, 9.17) is 9.47 Å². The molecule has 3 nitrogen and oxygen atoms in total. The van der Waals surface area contributed by atoms with Gasteiger partial charge in [0, 0.05) is 12.1 Å². The lowest BCUT2D eigenvalue weighted by Gasteiger charge is -2.23. The maximum Gasteiger partial charge on any atom is 0.125 e.